The quantitative estimate of drug-likeness (QED) is 0.797. The van der Waals surface area contributed by atoms with Gasteiger partial charge in [0.05, 0.1) is 11.7 Å². The minimum atomic E-state index is -0.945. The summed E-state index contributed by atoms with van der Waals surface area (Å²) in [7, 11) is 0. The van der Waals surface area contributed by atoms with Gasteiger partial charge >= 0.3 is 5.97 Å². The summed E-state index contributed by atoms with van der Waals surface area (Å²) in [4.78, 5) is 19.3. The summed E-state index contributed by atoms with van der Waals surface area (Å²) in [5, 5.41) is 10.6. The van der Waals surface area contributed by atoms with Crippen molar-refractivity contribution in [3.8, 4) is 0 Å². The molecule has 0 aliphatic rings. The van der Waals surface area contributed by atoms with Crippen molar-refractivity contribution < 1.29 is 9.90 Å². The number of nitrogens with zero attached hydrogens (tertiary/aromatic N) is 2. The maximum atomic E-state index is 10.8. The van der Waals surface area contributed by atoms with Crippen molar-refractivity contribution in [1.82, 2.24) is 9.97 Å². The average molecular weight is 282 g/mol. The molecule has 0 spiro atoms. The molecule has 1 N–H and O–H groups in total. The molecule has 5 heteroatoms. The van der Waals surface area contributed by atoms with Crippen LogP contribution < -0.4 is 0 Å². The molecule has 4 nitrogen and oxygen atoms in total. The summed E-state index contributed by atoms with van der Waals surface area (Å²) in [6.07, 6.45) is 6.86. The summed E-state index contributed by atoms with van der Waals surface area (Å²) in [5.41, 5.74) is 1.98. The highest BCUT2D eigenvalue weighted by atomic mass is 32.1. The maximum absolute atomic E-state index is 10.8. The lowest BCUT2D eigenvalue weighted by atomic mass is 10.1. The smallest absolute Gasteiger partial charge is 0.347 e. The van der Waals surface area contributed by atoms with Gasteiger partial charge in [-0.2, -0.15) is 0 Å². The number of hydrogen-bond acceptors (Lipinski definition) is 4. The zero-order chi connectivity index (χ0) is 13.9. The van der Waals surface area contributed by atoms with E-state index >= 15 is 0 Å². The van der Waals surface area contributed by atoms with Crippen LogP contribution in [0.1, 0.15) is 20.2 Å². The number of aromatic nitrogens is 2. The van der Waals surface area contributed by atoms with Crippen LogP contribution in [0.2, 0.25) is 0 Å². The Morgan fingerprint density at radius 2 is 2.10 bits per heavy atom. The van der Waals surface area contributed by atoms with Crippen LogP contribution in [0, 0.1) is 0 Å². The van der Waals surface area contributed by atoms with E-state index in [-0.39, 0.29) is 4.88 Å². The number of hydrogen-bond donors (Lipinski definition) is 1. The SMILES string of the molecule is O=C(O)c1cnc(/C=C\c2ccc3ncccc3c2)s1. The van der Waals surface area contributed by atoms with E-state index in [1.54, 1.807) is 6.20 Å². The molecule has 0 aliphatic carbocycles. The Morgan fingerprint density at radius 1 is 1.20 bits per heavy atom. The predicted molar refractivity (Wildman–Crippen MR) is 79.7 cm³/mol. The van der Waals surface area contributed by atoms with Crippen molar-refractivity contribution in [2.75, 3.05) is 0 Å². The van der Waals surface area contributed by atoms with Crippen LogP contribution in [-0.4, -0.2) is 21.0 Å². The first-order valence-electron chi connectivity index (χ1n) is 5.94. The van der Waals surface area contributed by atoms with E-state index in [4.69, 9.17) is 5.11 Å². The fourth-order valence-electron chi connectivity index (χ4n) is 1.83. The molecule has 0 saturated heterocycles. The number of carbonyl (C=O) groups is 1. The highest BCUT2D eigenvalue weighted by Crippen LogP contribution is 2.18. The van der Waals surface area contributed by atoms with Crippen LogP contribution >= 0.6 is 11.3 Å². The minimum absolute atomic E-state index is 0.243. The molecule has 2 heterocycles. The molecule has 0 atom stereocenters. The molecule has 0 radical (unpaired) electrons. The second-order valence-corrected chi connectivity index (χ2v) is 5.22. The number of carboxylic acid groups (broad SMARTS) is 1. The Balaban J connectivity index is 1.87. The molecule has 0 unspecified atom stereocenters. The molecule has 0 aliphatic heterocycles. The number of aromatic carboxylic acids is 1. The molecular formula is C15H10N2O2S. The largest absolute Gasteiger partial charge is 0.477 e. The lowest BCUT2D eigenvalue weighted by molar-refractivity contribution is 0.0702. The second kappa shape index (κ2) is 5.22. The van der Waals surface area contributed by atoms with Crippen molar-refractivity contribution in [1.29, 1.82) is 0 Å². The first-order valence-corrected chi connectivity index (χ1v) is 6.76. The summed E-state index contributed by atoms with van der Waals surface area (Å²) in [6.45, 7) is 0. The number of thiazole rings is 1. The highest BCUT2D eigenvalue weighted by molar-refractivity contribution is 7.14. The lowest BCUT2D eigenvalue weighted by Crippen LogP contribution is -1.89. The molecule has 2 aromatic heterocycles. The minimum Gasteiger partial charge on any atom is -0.477 e. The van der Waals surface area contributed by atoms with E-state index in [9.17, 15) is 4.79 Å². The van der Waals surface area contributed by atoms with Gasteiger partial charge in [-0.15, -0.1) is 11.3 Å². The highest BCUT2D eigenvalue weighted by Gasteiger charge is 2.06. The third-order valence-electron chi connectivity index (χ3n) is 2.78. The molecule has 3 aromatic rings. The molecule has 20 heavy (non-hydrogen) atoms. The zero-order valence-electron chi connectivity index (χ0n) is 10.4. The molecule has 0 amide bonds. The van der Waals surface area contributed by atoms with Crippen molar-refractivity contribution in [2.45, 2.75) is 0 Å². The Bertz CT molecular complexity index is 808. The topological polar surface area (TPSA) is 63.1 Å². The van der Waals surface area contributed by atoms with Crippen molar-refractivity contribution >= 4 is 40.4 Å². The van der Waals surface area contributed by atoms with E-state index in [0.717, 1.165) is 27.8 Å². The van der Waals surface area contributed by atoms with Gasteiger partial charge in [-0.1, -0.05) is 18.2 Å². The summed E-state index contributed by atoms with van der Waals surface area (Å²) in [5.74, 6) is -0.945. The van der Waals surface area contributed by atoms with Crippen molar-refractivity contribution in [3.05, 3.63) is 58.2 Å². The Kier molecular flexibility index (Phi) is 3.26. The number of benzene rings is 1. The number of pyridine rings is 1. The first kappa shape index (κ1) is 12.5. The van der Waals surface area contributed by atoms with E-state index in [0.29, 0.717) is 5.01 Å². The van der Waals surface area contributed by atoms with Crippen LogP contribution in [0.5, 0.6) is 0 Å². The molecule has 0 saturated carbocycles. The number of carboxylic acids is 1. The van der Waals surface area contributed by atoms with E-state index in [1.165, 1.54) is 6.20 Å². The van der Waals surface area contributed by atoms with Gasteiger partial charge in [-0.3, -0.25) is 4.98 Å². The van der Waals surface area contributed by atoms with E-state index in [1.807, 2.05) is 42.5 Å². The van der Waals surface area contributed by atoms with Crippen LogP contribution in [0.25, 0.3) is 23.1 Å². The fraction of sp³-hybridized carbons (Fsp3) is 0. The van der Waals surface area contributed by atoms with Gasteiger partial charge < -0.3 is 5.11 Å². The second-order valence-electron chi connectivity index (χ2n) is 4.16. The van der Waals surface area contributed by atoms with Gasteiger partial charge in [0.25, 0.3) is 0 Å². The van der Waals surface area contributed by atoms with Gasteiger partial charge in [0, 0.05) is 11.6 Å². The van der Waals surface area contributed by atoms with E-state index < -0.39 is 5.97 Å². The van der Waals surface area contributed by atoms with Crippen LogP contribution in [0.3, 0.4) is 0 Å². The van der Waals surface area contributed by atoms with Crippen LogP contribution in [0.15, 0.2) is 42.7 Å². The van der Waals surface area contributed by atoms with Crippen LogP contribution in [-0.2, 0) is 0 Å². The van der Waals surface area contributed by atoms with Crippen molar-refractivity contribution in [2.24, 2.45) is 0 Å². The van der Waals surface area contributed by atoms with Gasteiger partial charge in [0.2, 0.25) is 0 Å². The Hall–Kier alpha value is -2.53. The summed E-state index contributed by atoms with van der Waals surface area (Å²) < 4.78 is 0. The average Bonchev–Trinajstić information content (AvgIpc) is 2.94. The molecule has 3 rings (SSSR count). The summed E-state index contributed by atoms with van der Waals surface area (Å²) in [6, 6.07) is 9.86. The first-order chi connectivity index (χ1) is 9.72. The van der Waals surface area contributed by atoms with Gasteiger partial charge in [-0.05, 0) is 29.8 Å². The molecule has 98 valence electrons. The third-order valence-corrected chi connectivity index (χ3v) is 3.73. The Morgan fingerprint density at radius 3 is 2.90 bits per heavy atom. The maximum Gasteiger partial charge on any atom is 0.347 e. The molecule has 0 bridgehead atoms. The standard InChI is InChI=1S/C15H10N2O2S/c18-15(19)13-9-17-14(20-13)6-4-10-3-5-12-11(8-10)2-1-7-16-12/h1-9H,(H,18,19)/b6-4-. The molecule has 0 fully saturated rings. The zero-order valence-corrected chi connectivity index (χ0v) is 11.2. The lowest BCUT2D eigenvalue weighted by Gasteiger charge is -1.97. The molecule has 1 aromatic carbocycles. The van der Waals surface area contributed by atoms with Gasteiger partial charge in [0.15, 0.2) is 0 Å². The van der Waals surface area contributed by atoms with Gasteiger partial charge in [-0.25, -0.2) is 9.78 Å². The molecular weight excluding hydrogens is 272 g/mol. The third kappa shape index (κ3) is 2.57. The predicted octanol–water partition coefficient (Wildman–Crippen LogP) is 3.56. The normalized spacial score (nSPS) is 11.2. The summed E-state index contributed by atoms with van der Waals surface area (Å²) >= 11 is 1.15. The van der Waals surface area contributed by atoms with Gasteiger partial charge in [0.1, 0.15) is 9.88 Å². The van der Waals surface area contributed by atoms with Crippen LogP contribution in [0.4, 0.5) is 0 Å². The Labute approximate surface area is 119 Å². The number of fused-ring (bicyclic) bond motifs is 1. The fourth-order valence-corrected chi connectivity index (χ4v) is 2.49. The monoisotopic (exact) mass is 282 g/mol. The number of rotatable bonds is 3. The van der Waals surface area contributed by atoms with E-state index in [2.05, 4.69) is 9.97 Å². The van der Waals surface area contributed by atoms with Crippen molar-refractivity contribution in [3.63, 3.8) is 0 Å².